The Labute approximate surface area is 227 Å². The lowest BCUT2D eigenvalue weighted by atomic mass is 10.1. The number of phosphoric acid groups is 2. The van der Waals surface area contributed by atoms with Crippen molar-refractivity contribution in [3.8, 4) is 5.75 Å². The first-order chi connectivity index (χ1) is 18.6. The molecule has 3 unspecified atom stereocenters. The fourth-order valence-corrected chi connectivity index (χ4v) is 7.88. The van der Waals surface area contributed by atoms with Crippen LogP contribution in [0.2, 0.25) is 0 Å². The summed E-state index contributed by atoms with van der Waals surface area (Å²) in [7, 11) is -11.1. The lowest BCUT2D eigenvalue weighted by Crippen LogP contribution is -2.33. The number of nitrogen functional groups attached to an aromatic ring is 1. The number of non-ortho nitro benzene ring substituents is 1. The minimum atomic E-state index is -5.67. The molecule has 1 fully saturated rings. The summed E-state index contributed by atoms with van der Waals surface area (Å²) in [5.74, 6) is -0.520. The number of aromatic nitrogens is 4. The van der Waals surface area contributed by atoms with Crippen LogP contribution in [0.3, 0.4) is 0 Å². The molecule has 1 aromatic carbocycles. The minimum Gasteiger partial charge on any atom is -0.404 e. The quantitative estimate of drug-likeness (QED) is 0.0939. The summed E-state index contributed by atoms with van der Waals surface area (Å²) in [6.45, 7) is -5.54. The molecule has 3 heterocycles. The van der Waals surface area contributed by atoms with E-state index in [4.69, 9.17) is 15.0 Å². The number of nitrogens with two attached hydrogens (primary N) is 1. The molecular formula is C16H19N6O14P3S. The maximum atomic E-state index is 12.2. The van der Waals surface area contributed by atoms with Crippen LogP contribution in [0.1, 0.15) is 6.23 Å². The predicted molar refractivity (Wildman–Crippen MR) is 134 cm³/mol. The molecule has 2 aromatic heterocycles. The van der Waals surface area contributed by atoms with Gasteiger partial charge in [-0.1, -0.05) is 6.07 Å². The molecular weight excluding hydrogens is 625 g/mol. The number of nitro groups is 1. The maximum absolute atomic E-state index is 12.2. The Morgan fingerprint density at radius 3 is 2.55 bits per heavy atom. The van der Waals surface area contributed by atoms with Crippen LogP contribution in [0.25, 0.3) is 11.2 Å². The van der Waals surface area contributed by atoms with Gasteiger partial charge in [0.1, 0.15) is 35.9 Å². The highest BCUT2D eigenvalue weighted by Gasteiger charge is 2.46. The smallest absolute Gasteiger partial charge is 0.404 e. The molecule has 24 heteroatoms. The Morgan fingerprint density at radius 1 is 1.12 bits per heavy atom. The van der Waals surface area contributed by atoms with Gasteiger partial charge in [0.15, 0.2) is 17.7 Å². The van der Waals surface area contributed by atoms with Gasteiger partial charge in [-0.25, -0.2) is 28.4 Å². The minimum absolute atomic E-state index is 0.0494. The van der Waals surface area contributed by atoms with E-state index >= 15 is 0 Å². The van der Waals surface area contributed by atoms with E-state index in [0.717, 1.165) is 30.6 Å². The van der Waals surface area contributed by atoms with E-state index in [-0.39, 0.29) is 17.0 Å². The van der Waals surface area contributed by atoms with E-state index < -0.39 is 69.9 Å². The first kappa shape index (κ1) is 30.5. The standard InChI is InChI=1S/C16H19N6O14P3S/c17-14-11-15(19-6-18-14)21(7-20-11)16-13(24)12(23)10(33-16)5-32-39(31,40)36-38(29,30)35-37(27,28)34-9-3-1-2-8(4-9)22(25)26/h1-4,6-7,10,12-13,16,23-24H,5H2,(H,27,28)(H,29,30)(H,31,40)(H2,17,18,19)/t10-,12-,13-,16-,39?/m1/s1. The SMILES string of the molecule is Nc1ncnc2c1ncn2[C@@H]1O[C@H](COP(O)(=S)OP(=O)(O)OP(=O)(O)Oc2cccc([N+](=O)[O-])c2)[C@@H](O)[C@H]1O. The number of nitrogens with zero attached hydrogens (tertiary/aromatic N) is 5. The summed E-state index contributed by atoms with van der Waals surface area (Å²) in [4.78, 5) is 51.6. The average Bonchev–Trinajstić information content (AvgIpc) is 3.38. The van der Waals surface area contributed by atoms with Crippen molar-refractivity contribution < 1.29 is 61.4 Å². The van der Waals surface area contributed by atoms with Crippen LogP contribution in [-0.4, -0.2) is 74.3 Å². The number of ether oxygens (including phenoxy) is 1. The van der Waals surface area contributed by atoms with Crippen LogP contribution >= 0.6 is 22.4 Å². The highest BCUT2D eigenvalue weighted by atomic mass is 32.5. The van der Waals surface area contributed by atoms with Crippen molar-refractivity contribution in [2.45, 2.75) is 24.5 Å². The molecule has 0 spiro atoms. The molecule has 7 atom stereocenters. The van der Waals surface area contributed by atoms with Crippen LogP contribution < -0.4 is 10.3 Å². The molecule has 1 saturated heterocycles. The molecule has 0 saturated carbocycles. The van der Waals surface area contributed by atoms with Crippen LogP contribution in [0.5, 0.6) is 5.75 Å². The zero-order valence-electron chi connectivity index (χ0n) is 19.5. The van der Waals surface area contributed by atoms with Gasteiger partial charge in [0.2, 0.25) is 0 Å². The summed E-state index contributed by atoms with van der Waals surface area (Å²) < 4.78 is 49.0. The number of aliphatic hydroxyl groups excluding tert-OH is 2. The molecule has 218 valence electrons. The highest BCUT2D eigenvalue weighted by Crippen LogP contribution is 2.67. The van der Waals surface area contributed by atoms with E-state index in [1.165, 1.54) is 10.9 Å². The third kappa shape index (κ3) is 7.04. The van der Waals surface area contributed by atoms with Crippen molar-refractivity contribution in [3.63, 3.8) is 0 Å². The third-order valence-corrected chi connectivity index (χ3v) is 10.2. The number of benzene rings is 1. The second-order valence-corrected chi connectivity index (χ2v) is 13.8. The van der Waals surface area contributed by atoms with Crippen molar-refractivity contribution in [2.24, 2.45) is 0 Å². The van der Waals surface area contributed by atoms with Gasteiger partial charge in [0, 0.05) is 6.07 Å². The van der Waals surface area contributed by atoms with E-state index in [0.29, 0.717) is 0 Å². The Hall–Kier alpha value is -2.48. The normalized spacial score (nSPS) is 25.6. The van der Waals surface area contributed by atoms with Gasteiger partial charge in [-0.15, -0.1) is 0 Å². The number of phosphoric ester groups is 1. The maximum Gasteiger partial charge on any atom is 0.536 e. The number of hydrogen-bond donors (Lipinski definition) is 6. The van der Waals surface area contributed by atoms with E-state index in [2.05, 4.69) is 39.9 Å². The first-order valence-corrected chi connectivity index (χ1v) is 16.1. The van der Waals surface area contributed by atoms with Gasteiger partial charge in [-0.2, -0.15) is 4.31 Å². The number of imidazole rings is 1. The molecule has 4 rings (SSSR count). The summed E-state index contributed by atoms with van der Waals surface area (Å²) in [6.07, 6.45) is -3.48. The van der Waals surface area contributed by atoms with E-state index in [1.54, 1.807) is 0 Å². The van der Waals surface area contributed by atoms with Gasteiger partial charge in [0.05, 0.1) is 23.9 Å². The van der Waals surface area contributed by atoms with Crippen LogP contribution in [0.4, 0.5) is 11.5 Å². The molecule has 7 N–H and O–H groups in total. The second-order valence-electron chi connectivity index (χ2n) is 7.84. The van der Waals surface area contributed by atoms with Crippen molar-refractivity contribution >= 4 is 56.8 Å². The predicted octanol–water partition coefficient (Wildman–Crippen LogP) is 0.482. The van der Waals surface area contributed by atoms with Gasteiger partial charge < -0.3 is 39.5 Å². The summed E-state index contributed by atoms with van der Waals surface area (Å²) in [6, 6.07) is 3.90. The molecule has 3 aromatic rings. The number of fused-ring (bicyclic) bond motifs is 1. The summed E-state index contributed by atoms with van der Waals surface area (Å²) >= 11 is 4.62. The largest absolute Gasteiger partial charge is 0.536 e. The fraction of sp³-hybridized carbons (Fsp3) is 0.312. The molecule has 40 heavy (non-hydrogen) atoms. The molecule has 1 aliphatic rings. The lowest BCUT2D eigenvalue weighted by Gasteiger charge is -2.22. The average molecular weight is 644 g/mol. The molecule has 0 bridgehead atoms. The number of hydrogen-bond acceptors (Lipinski definition) is 16. The van der Waals surface area contributed by atoms with Gasteiger partial charge in [0.25, 0.3) is 5.69 Å². The van der Waals surface area contributed by atoms with Crippen molar-refractivity contribution in [1.29, 1.82) is 0 Å². The number of rotatable bonds is 11. The number of nitro benzene ring substituents is 1. The number of anilines is 1. The fourth-order valence-electron chi connectivity index (χ4n) is 3.42. The van der Waals surface area contributed by atoms with Gasteiger partial charge >= 0.3 is 22.4 Å². The van der Waals surface area contributed by atoms with Gasteiger partial charge in [-0.3, -0.25) is 19.6 Å². The van der Waals surface area contributed by atoms with E-state index in [9.17, 15) is 44.1 Å². The van der Waals surface area contributed by atoms with Gasteiger partial charge in [-0.05, 0) is 17.9 Å². The van der Waals surface area contributed by atoms with Crippen LogP contribution in [0.15, 0.2) is 36.9 Å². The molecule has 0 aliphatic carbocycles. The highest BCUT2D eigenvalue weighted by molar-refractivity contribution is 8.08. The Kier molecular flexibility index (Phi) is 8.70. The topological polar surface area (TPSA) is 294 Å². The van der Waals surface area contributed by atoms with Crippen LogP contribution in [0, 0.1) is 10.1 Å². The first-order valence-electron chi connectivity index (χ1n) is 10.5. The van der Waals surface area contributed by atoms with Crippen molar-refractivity contribution in [1.82, 2.24) is 19.5 Å². The Morgan fingerprint density at radius 2 is 1.85 bits per heavy atom. The van der Waals surface area contributed by atoms with Crippen LogP contribution in [-0.2, 0) is 38.8 Å². The molecule has 20 nitrogen and oxygen atoms in total. The van der Waals surface area contributed by atoms with Crippen molar-refractivity contribution in [3.05, 3.63) is 47.0 Å². The zero-order chi connectivity index (χ0) is 29.5. The molecule has 1 aliphatic heterocycles. The molecule has 0 radical (unpaired) electrons. The monoisotopic (exact) mass is 644 g/mol. The Balaban J connectivity index is 1.37. The van der Waals surface area contributed by atoms with E-state index in [1.807, 2.05) is 0 Å². The summed E-state index contributed by atoms with van der Waals surface area (Å²) in [5, 5.41) is 31.7. The Bertz CT molecular complexity index is 1580. The second kappa shape index (κ2) is 11.4. The lowest BCUT2D eigenvalue weighted by molar-refractivity contribution is -0.384. The third-order valence-electron chi connectivity index (χ3n) is 5.06. The number of aliphatic hydroxyl groups is 2. The summed E-state index contributed by atoms with van der Waals surface area (Å²) in [5.41, 5.74) is 5.57. The molecule has 0 amide bonds. The van der Waals surface area contributed by atoms with Crippen molar-refractivity contribution in [2.75, 3.05) is 12.3 Å². The zero-order valence-corrected chi connectivity index (χ0v) is 23.0.